The maximum atomic E-state index is 12.8. The maximum Gasteiger partial charge on any atom is 0.339 e. The number of carbonyl (C=O) groups excluding carboxylic acids is 2. The summed E-state index contributed by atoms with van der Waals surface area (Å²) in [6.07, 6.45) is 1.51. The summed E-state index contributed by atoms with van der Waals surface area (Å²) in [4.78, 5) is 36.1. The van der Waals surface area contributed by atoms with Gasteiger partial charge in [-0.1, -0.05) is 12.1 Å². The lowest BCUT2D eigenvalue weighted by molar-refractivity contribution is -0.114. The summed E-state index contributed by atoms with van der Waals surface area (Å²) in [7, 11) is 1.33. The van der Waals surface area contributed by atoms with Gasteiger partial charge in [0.2, 0.25) is 5.91 Å². The van der Waals surface area contributed by atoms with Gasteiger partial charge in [0, 0.05) is 30.4 Å². The van der Waals surface area contributed by atoms with Gasteiger partial charge in [-0.2, -0.15) is 0 Å². The van der Waals surface area contributed by atoms with Gasteiger partial charge in [-0.25, -0.2) is 4.79 Å². The molecule has 0 bridgehead atoms. The lowest BCUT2D eigenvalue weighted by atomic mass is 10.0. The van der Waals surface area contributed by atoms with E-state index < -0.39 is 5.97 Å². The van der Waals surface area contributed by atoms with Crippen molar-refractivity contribution in [2.75, 3.05) is 12.4 Å². The van der Waals surface area contributed by atoms with Crippen molar-refractivity contribution >= 4 is 17.6 Å². The second-order valence-corrected chi connectivity index (χ2v) is 5.73. The van der Waals surface area contributed by atoms with E-state index in [2.05, 4.69) is 5.32 Å². The predicted octanol–water partition coefficient (Wildman–Crippen LogP) is 2.21. The first kappa shape index (κ1) is 16.0. The molecule has 0 fully saturated rings. The monoisotopic (exact) mass is 326 g/mol. The van der Waals surface area contributed by atoms with Crippen LogP contribution in [0.25, 0.3) is 11.1 Å². The molecule has 1 aliphatic heterocycles. The lowest BCUT2D eigenvalue weighted by Crippen LogP contribution is -2.24. The van der Waals surface area contributed by atoms with Crippen molar-refractivity contribution in [1.29, 1.82) is 0 Å². The largest absolute Gasteiger partial charge is 0.465 e. The molecule has 6 heteroatoms. The molecule has 0 atom stereocenters. The fourth-order valence-electron chi connectivity index (χ4n) is 3.07. The molecule has 24 heavy (non-hydrogen) atoms. The standard InChI is InChI=1S/C18H18N2O4/c1-11(21)19-13-6-3-5-12(9-13)14-10-15(18(23)24-2)16-7-4-8-20(16)17(14)22/h3,5-6,9-10H,4,7-8H2,1-2H3,(H,19,21). The lowest BCUT2D eigenvalue weighted by Gasteiger charge is -2.12. The number of aromatic nitrogens is 1. The van der Waals surface area contributed by atoms with Gasteiger partial charge in [0.25, 0.3) is 5.56 Å². The molecular formula is C18H18N2O4. The second kappa shape index (κ2) is 6.31. The Kier molecular flexibility index (Phi) is 4.20. The molecule has 0 unspecified atom stereocenters. The van der Waals surface area contributed by atoms with Gasteiger partial charge in [0.05, 0.1) is 12.7 Å². The van der Waals surface area contributed by atoms with E-state index in [-0.39, 0.29) is 11.5 Å². The number of esters is 1. The number of rotatable bonds is 3. The minimum absolute atomic E-state index is 0.130. The molecule has 0 spiro atoms. The number of fused-ring (bicyclic) bond motifs is 1. The van der Waals surface area contributed by atoms with E-state index in [9.17, 15) is 14.4 Å². The highest BCUT2D eigenvalue weighted by Gasteiger charge is 2.24. The molecule has 1 N–H and O–H groups in total. The fourth-order valence-corrected chi connectivity index (χ4v) is 3.07. The Morgan fingerprint density at radius 3 is 2.75 bits per heavy atom. The van der Waals surface area contributed by atoms with Crippen molar-refractivity contribution in [3.05, 3.63) is 51.9 Å². The average Bonchev–Trinajstić information content (AvgIpc) is 3.04. The smallest absolute Gasteiger partial charge is 0.339 e. The first-order chi connectivity index (χ1) is 11.5. The van der Waals surface area contributed by atoms with Crippen LogP contribution in [-0.4, -0.2) is 23.6 Å². The fraction of sp³-hybridized carbons (Fsp3) is 0.278. The SMILES string of the molecule is COC(=O)c1cc(-c2cccc(NC(C)=O)c2)c(=O)n2c1CCC2. The van der Waals surface area contributed by atoms with Crippen molar-refractivity contribution in [2.45, 2.75) is 26.3 Å². The number of anilines is 1. The molecule has 1 aliphatic rings. The zero-order valence-electron chi connectivity index (χ0n) is 13.6. The Morgan fingerprint density at radius 2 is 2.04 bits per heavy atom. The zero-order valence-corrected chi connectivity index (χ0v) is 13.6. The molecular weight excluding hydrogens is 308 g/mol. The summed E-state index contributed by atoms with van der Waals surface area (Å²) in [5, 5.41) is 2.70. The van der Waals surface area contributed by atoms with Crippen LogP contribution in [0.3, 0.4) is 0 Å². The topological polar surface area (TPSA) is 77.4 Å². The molecule has 2 heterocycles. The molecule has 1 amide bonds. The van der Waals surface area contributed by atoms with Crippen molar-refractivity contribution in [3.63, 3.8) is 0 Å². The van der Waals surface area contributed by atoms with Gasteiger partial charge in [-0.15, -0.1) is 0 Å². The van der Waals surface area contributed by atoms with E-state index >= 15 is 0 Å². The summed E-state index contributed by atoms with van der Waals surface area (Å²) < 4.78 is 6.50. The molecule has 0 saturated carbocycles. The molecule has 0 saturated heterocycles. The molecule has 1 aromatic carbocycles. The van der Waals surface area contributed by atoms with Gasteiger partial charge >= 0.3 is 5.97 Å². The van der Waals surface area contributed by atoms with Crippen molar-refractivity contribution in [3.8, 4) is 11.1 Å². The first-order valence-corrected chi connectivity index (χ1v) is 7.74. The van der Waals surface area contributed by atoms with Crippen LogP contribution in [0, 0.1) is 0 Å². The maximum absolute atomic E-state index is 12.8. The number of benzene rings is 1. The van der Waals surface area contributed by atoms with Crippen molar-refractivity contribution in [2.24, 2.45) is 0 Å². The second-order valence-electron chi connectivity index (χ2n) is 5.73. The summed E-state index contributed by atoms with van der Waals surface area (Å²) in [6.45, 7) is 2.02. The highest BCUT2D eigenvalue weighted by atomic mass is 16.5. The number of carbonyl (C=O) groups is 2. The molecule has 0 radical (unpaired) electrons. The number of pyridine rings is 1. The minimum Gasteiger partial charge on any atom is -0.465 e. The molecule has 3 rings (SSSR count). The summed E-state index contributed by atoms with van der Waals surface area (Å²) in [5.74, 6) is -0.631. The third kappa shape index (κ3) is 2.82. The molecule has 1 aromatic heterocycles. The summed E-state index contributed by atoms with van der Waals surface area (Å²) >= 11 is 0. The zero-order chi connectivity index (χ0) is 17.3. The Labute approximate surface area is 139 Å². The van der Waals surface area contributed by atoms with Crippen LogP contribution in [-0.2, 0) is 22.5 Å². The summed E-state index contributed by atoms with van der Waals surface area (Å²) in [6, 6.07) is 8.61. The van der Waals surface area contributed by atoms with Gasteiger partial charge in [-0.3, -0.25) is 9.59 Å². The Hall–Kier alpha value is -2.89. The summed E-state index contributed by atoms with van der Waals surface area (Å²) in [5.41, 5.74) is 2.70. The van der Waals surface area contributed by atoms with Crippen LogP contribution >= 0.6 is 0 Å². The van der Waals surface area contributed by atoms with E-state index in [1.54, 1.807) is 34.9 Å². The van der Waals surface area contributed by atoms with Gasteiger partial charge in [-0.05, 0) is 36.6 Å². The molecule has 0 aliphatic carbocycles. The van der Waals surface area contributed by atoms with Crippen LogP contribution in [0.2, 0.25) is 0 Å². The number of nitrogens with one attached hydrogen (secondary N) is 1. The van der Waals surface area contributed by atoms with Crippen LogP contribution in [0.15, 0.2) is 35.1 Å². The normalized spacial score (nSPS) is 12.6. The van der Waals surface area contributed by atoms with Crippen molar-refractivity contribution < 1.29 is 14.3 Å². The quantitative estimate of drug-likeness (QED) is 0.877. The van der Waals surface area contributed by atoms with E-state index in [4.69, 9.17) is 4.74 Å². The van der Waals surface area contributed by atoms with E-state index in [0.717, 1.165) is 12.1 Å². The molecule has 2 aromatic rings. The first-order valence-electron chi connectivity index (χ1n) is 7.74. The average molecular weight is 326 g/mol. The number of amides is 1. The molecule has 124 valence electrons. The highest BCUT2D eigenvalue weighted by Crippen LogP contribution is 2.25. The minimum atomic E-state index is -0.445. The van der Waals surface area contributed by atoms with Crippen LogP contribution in [0.4, 0.5) is 5.69 Å². The third-order valence-electron chi connectivity index (χ3n) is 4.10. The van der Waals surface area contributed by atoms with Crippen LogP contribution in [0.5, 0.6) is 0 Å². The Bertz CT molecular complexity index is 883. The number of hydrogen-bond donors (Lipinski definition) is 1. The van der Waals surface area contributed by atoms with E-state index in [1.807, 2.05) is 0 Å². The third-order valence-corrected chi connectivity index (χ3v) is 4.10. The Balaban J connectivity index is 2.17. The number of nitrogens with zero attached hydrogens (tertiary/aromatic N) is 1. The van der Waals surface area contributed by atoms with E-state index in [0.29, 0.717) is 35.3 Å². The van der Waals surface area contributed by atoms with E-state index in [1.165, 1.54) is 14.0 Å². The number of hydrogen-bond acceptors (Lipinski definition) is 4. The van der Waals surface area contributed by atoms with Gasteiger partial charge in [0.15, 0.2) is 0 Å². The highest BCUT2D eigenvalue weighted by molar-refractivity contribution is 5.93. The van der Waals surface area contributed by atoms with Gasteiger partial charge in [0.1, 0.15) is 0 Å². The van der Waals surface area contributed by atoms with Crippen LogP contribution < -0.4 is 10.9 Å². The number of ether oxygens (including phenoxy) is 1. The number of methoxy groups -OCH3 is 1. The van der Waals surface area contributed by atoms with Crippen LogP contribution in [0.1, 0.15) is 29.4 Å². The Morgan fingerprint density at radius 1 is 1.25 bits per heavy atom. The van der Waals surface area contributed by atoms with Gasteiger partial charge < -0.3 is 14.6 Å². The van der Waals surface area contributed by atoms with Crippen molar-refractivity contribution in [1.82, 2.24) is 4.57 Å². The predicted molar refractivity (Wildman–Crippen MR) is 90.1 cm³/mol. The molecule has 6 nitrogen and oxygen atoms in total.